The van der Waals surface area contributed by atoms with Crippen molar-refractivity contribution in [2.45, 2.75) is 26.7 Å². The van der Waals surface area contributed by atoms with Crippen molar-refractivity contribution in [3.8, 4) is 11.5 Å². The van der Waals surface area contributed by atoms with Crippen molar-refractivity contribution in [3.63, 3.8) is 0 Å². The first-order valence-electron chi connectivity index (χ1n) is 8.37. The second-order valence-electron chi connectivity index (χ2n) is 5.63. The van der Waals surface area contributed by atoms with Crippen LogP contribution in [0.4, 0.5) is 17.2 Å². The molecule has 0 aliphatic rings. The summed E-state index contributed by atoms with van der Waals surface area (Å²) in [4.78, 5) is 16.4. The Labute approximate surface area is 148 Å². The number of methoxy groups -OCH3 is 2. The first kappa shape index (κ1) is 18.6. The number of carbonyl (C=O) groups is 1. The summed E-state index contributed by atoms with van der Waals surface area (Å²) in [7, 11) is 3.19. The minimum absolute atomic E-state index is 0.0320. The molecule has 134 valence electrons. The molecular weight excluding hydrogens is 318 g/mol. The van der Waals surface area contributed by atoms with Crippen LogP contribution in [0.5, 0.6) is 11.5 Å². The Hall–Kier alpha value is -2.76. The van der Waals surface area contributed by atoms with Crippen molar-refractivity contribution < 1.29 is 14.3 Å². The molecule has 0 saturated heterocycles. The molecule has 25 heavy (non-hydrogen) atoms. The lowest BCUT2D eigenvalue weighted by molar-refractivity contribution is -0.120. The SMILES string of the molecule is CCC(CC)C(=O)Nc1ccc(Nc2ccc(OC)c(OC)c2)nc1. The molecule has 0 saturated carbocycles. The molecular formula is C19H25N3O3. The van der Waals surface area contributed by atoms with Gasteiger partial charge in [-0.25, -0.2) is 4.98 Å². The molecule has 2 N–H and O–H groups in total. The van der Waals surface area contributed by atoms with Crippen molar-refractivity contribution in [2.75, 3.05) is 24.9 Å². The molecule has 0 spiro atoms. The maximum atomic E-state index is 12.1. The lowest BCUT2D eigenvalue weighted by atomic mass is 10.0. The number of aromatic nitrogens is 1. The fourth-order valence-corrected chi connectivity index (χ4v) is 2.51. The number of benzene rings is 1. The number of ether oxygens (including phenoxy) is 2. The predicted octanol–water partition coefficient (Wildman–Crippen LogP) is 4.22. The van der Waals surface area contributed by atoms with Crippen molar-refractivity contribution >= 4 is 23.1 Å². The summed E-state index contributed by atoms with van der Waals surface area (Å²) in [5.74, 6) is 2.05. The fraction of sp³-hybridized carbons (Fsp3) is 0.368. The van der Waals surface area contributed by atoms with Gasteiger partial charge in [-0.3, -0.25) is 4.79 Å². The minimum Gasteiger partial charge on any atom is -0.493 e. The number of pyridine rings is 1. The summed E-state index contributed by atoms with van der Waals surface area (Å²) >= 11 is 0. The molecule has 0 atom stereocenters. The van der Waals surface area contributed by atoms with Crippen LogP contribution in [0.3, 0.4) is 0 Å². The molecule has 0 bridgehead atoms. The lowest BCUT2D eigenvalue weighted by Gasteiger charge is -2.13. The van der Waals surface area contributed by atoms with E-state index < -0.39 is 0 Å². The highest BCUT2D eigenvalue weighted by molar-refractivity contribution is 5.92. The molecule has 0 unspecified atom stereocenters. The summed E-state index contributed by atoms with van der Waals surface area (Å²) in [6.07, 6.45) is 3.30. The monoisotopic (exact) mass is 343 g/mol. The Morgan fingerprint density at radius 3 is 2.28 bits per heavy atom. The smallest absolute Gasteiger partial charge is 0.227 e. The summed E-state index contributed by atoms with van der Waals surface area (Å²) in [6, 6.07) is 9.19. The number of hydrogen-bond donors (Lipinski definition) is 2. The average molecular weight is 343 g/mol. The number of nitrogens with zero attached hydrogens (tertiary/aromatic N) is 1. The largest absolute Gasteiger partial charge is 0.493 e. The van der Waals surface area contributed by atoms with Gasteiger partial charge in [0.1, 0.15) is 5.82 Å². The second kappa shape index (κ2) is 8.92. The van der Waals surface area contributed by atoms with Gasteiger partial charge in [-0.05, 0) is 37.1 Å². The van der Waals surface area contributed by atoms with Crippen LogP contribution in [-0.2, 0) is 4.79 Å². The zero-order chi connectivity index (χ0) is 18.2. The number of nitrogens with one attached hydrogen (secondary N) is 2. The number of anilines is 3. The van der Waals surface area contributed by atoms with Crippen LogP contribution < -0.4 is 20.1 Å². The second-order valence-corrected chi connectivity index (χ2v) is 5.63. The van der Waals surface area contributed by atoms with E-state index in [9.17, 15) is 4.79 Å². The summed E-state index contributed by atoms with van der Waals surface area (Å²) in [5.41, 5.74) is 1.52. The Kier molecular flexibility index (Phi) is 6.62. The quantitative estimate of drug-likeness (QED) is 0.751. The first-order chi connectivity index (χ1) is 12.1. The zero-order valence-electron chi connectivity index (χ0n) is 15.1. The number of rotatable bonds is 8. The summed E-state index contributed by atoms with van der Waals surface area (Å²) in [5, 5.41) is 6.10. The van der Waals surface area contributed by atoms with Crippen molar-refractivity contribution in [2.24, 2.45) is 5.92 Å². The van der Waals surface area contributed by atoms with E-state index in [-0.39, 0.29) is 11.8 Å². The molecule has 1 aromatic carbocycles. The van der Waals surface area contributed by atoms with Gasteiger partial charge >= 0.3 is 0 Å². The highest BCUT2D eigenvalue weighted by Crippen LogP contribution is 2.30. The van der Waals surface area contributed by atoms with Gasteiger partial charge in [-0.1, -0.05) is 13.8 Å². The highest BCUT2D eigenvalue weighted by Gasteiger charge is 2.14. The maximum absolute atomic E-state index is 12.1. The van der Waals surface area contributed by atoms with Gasteiger partial charge in [0.15, 0.2) is 11.5 Å². The number of carbonyl (C=O) groups excluding carboxylic acids is 1. The van der Waals surface area contributed by atoms with Gasteiger partial charge in [-0.15, -0.1) is 0 Å². The van der Waals surface area contributed by atoms with Crippen LogP contribution in [0.1, 0.15) is 26.7 Å². The van der Waals surface area contributed by atoms with E-state index in [2.05, 4.69) is 15.6 Å². The zero-order valence-corrected chi connectivity index (χ0v) is 15.1. The molecule has 1 amide bonds. The van der Waals surface area contributed by atoms with Gasteiger partial charge in [0.25, 0.3) is 0 Å². The van der Waals surface area contributed by atoms with Gasteiger partial charge in [0.05, 0.1) is 26.1 Å². The van der Waals surface area contributed by atoms with Gasteiger partial charge in [0, 0.05) is 17.7 Å². The normalized spacial score (nSPS) is 10.4. The Morgan fingerprint density at radius 2 is 1.72 bits per heavy atom. The van der Waals surface area contributed by atoms with Crippen molar-refractivity contribution in [1.29, 1.82) is 0 Å². The van der Waals surface area contributed by atoms with E-state index in [1.807, 2.05) is 44.2 Å². The van der Waals surface area contributed by atoms with Gasteiger partial charge < -0.3 is 20.1 Å². The molecule has 0 aliphatic heterocycles. The topological polar surface area (TPSA) is 72.5 Å². The van der Waals surface area contributed by atoms with E-state index in [1.165, 1.54) is 0 Å². The molecule has 2 rings (SSSR count). The van der Waals surface area contributed by atoms with E-state index in [0.29, 0.717) is 23.0 Å². The van der Waals surface area contributed by atoms with Crippen LogP contribution in [0.2, 0.25) is 0 Å². The Morgan fingerprint density at radius 1 is 1.04 bits per heavy atom. The van der Waals surface area contributed by atoms with E-state index >= 15 is 0 Å². The van der Waals surface area contributed by atoms with Gasteiger partial charge in [0.2, 0.25) is 5.91 Å². The third-order valence-electron chi connectivity index (χ3n) is 4.04. The first-order valence-corrected chi connectivity index (χ1v) is 8.37. The van der Waals surface area contributed by atoms with Gasteiger partial charge in [-0.2, -0.15) is 0 Å². The molecule has 1 aromatic heterocycles. The van der Waals surface area contributed by atoms with E-state index in [4.69, 9.17) is 9.47 Å². The number of amides is 1. The molecule has 2 aromatic rings. The van der Waals surface area contributed by atoms with Crippen LogP contribution in [0.15, 0.2) is 36.5 Å². The predicted molar refractivity (Wildman–Crippen MR) is 99.8 cm³/mol. The van der Waals surface area contributed by atoms with E-state index in [1.54, 1.807) is 20.4 Å². The third-order valence-corrected chi connectivity index (χ3v) is 4.04. The molecule has 6 nitrogen and oxygen atoms in total. The van der Waals surface area contributed by atoms with E-state index in [0.717, 1.165) is 18.5 Å². The highest BCUT2D eigenvalue weighted by atomic mass is 16.5. The lowest BCUT2D eigenvalue weighted by Crippen LogP contribution is -2.21. The van der Waals surface area contributed by atoms with Crippen LogP contribution in [0.25, 0.3) is 0 Å². The third kappa shape index (κ3) is 4.86. The molecule has 0 fully saturated rings. The average Bonchev–Trinajstić information content (AvgIpc) is 2.64. The van der Waals surface area contributed by atoms with Crippen molar-refractivity contribution in [1.82, 2.24) is 4.98 Å². The van der Waals surface area contributed by atoms with Crippen LogP contribution in [0, 0.1) is 5.92 Å². The molecule has 1 heterocycles. The minimum atomic E-state index is 0.0320. The maximum Gasteiger partial charge on any atom is 0.227 e. The summed E-state index contributed by atoms with van der Waals surface area (Å²) < 4.78 is 10.5. The summed E-state index contributed by atoms with van der Waals surface area (Å²) in [6.45, 7) is 4.03. The number of hydrogen-bond acceptors (Lipinski definition) is 5. The fourth-order valence-electron chi connectivity index (χ4n) is 2.51. The van der Waals surface area contributed by atoms with Crippen molar-refractivity contribution in [3.05, 3.63) is 36.5 Å². The standard InChI is InChI=1S/C19H25N3O3/c1-5-13(6-2)19(23)22-15-8-10-18(20-12-15)21-14-7-9-16(24-3)17(11-14)25-4/h7-13H,5-6H2,1-4H3,(H,20,21)(H,22,23). The molecule has 0 radical (unpaired) electrons. The molecule has 0 aliphatic carbocycles. The Bertz CT molecular complexity index is 698. The van der Waals surface area contributed by atoms with Crippen LogP contribution >= 0.6 is 0 Å². The van der Waals surface area contributed by atoms with Crippen LogP contribution in [-0.4, -0.2) is 25.1 Å². The molecule has 6 heteroatoms. The Balaban J connectivity index is 2.04.